The van der Waals surface area contributed by atoms with Crippen LogP contribution < -0.4 is 14.8 Å². The number of anilines is 1. The molecule has 0 saturated carbocycles. The predicted molar refractivity (Wildman–Crippen MR) is 112 cm³/mol. The summed E-state index contributed by atoms with van der Waals surface area (Å²) in [6.45, 7) is 6.03. The van der Waals surface area contributed by atoms with Crippen LogP contribution in [0.4, 0.5) is 10.1 Å². The highest BCUT2D eigenvalue weighted by Gasteiger charge is 2.16. The first kappa shape index (κ1) is 23.0. The summed E-state index contributed by atoms with van der Waals surface area (Å²) in [7, 11) is -3.57. The summed E-state index contributed by atoms with van der Waals surface area (Å²) in [4.78, 5) is 12.0. The van der Waals surface area contributed by atoms with E-state index in [4.69, 9.17) is 16.3 Å². The summed E-state index contributed by atoms with van der Waals surface area (Å²) < 4.78 is 43.8. The molecule has 9 heteroatoms. The molecular weight excluding hydrogens is 419 g/mol. The molecule has 1 amide bonds. The van der Waals surface area contributed by atoms with E-state index in [0.717, 1.165) is 17.9 Å². The molecule has 6 nitrogen and oxygen atoms in total. The minimum absolute atomic E-state index is 0.0544. The molecule has 2 aromatic rings. The Bertz CT molecular complexity index is 1000. The van der Waals surface area contributed by atoms with E-state index in [1.165, 1.54) is 12.1 Å². The van der Waals surface area contributed by atoms with E-state index in [1.54, 1.807) is 6.07 Å². The van der Waals surface area contributed by atoms with Gasteiger partial charge in [-0.05, 0) is 40.8 Å². The molecular formula is C20H24ClFN2O4S. The van der Waals surface area contributed by atoms with E-state index in [-0.39, 0.29) is 24.3 Å². The van der Waals surface area contributed by atoms with Crippen molar-refractivity contribution < 1.29 is 22.3 Å². The van der Waals surface area contributed by atoms with Crippen LogP contribution >= 0.6 is 11.6 Å². The highest BCUT2D eigenvalue weighted by atomic mass is 35.5. The van der Waals surface area contributed by atoms with Gasteiger partial charge >= 0.3 is 0 Å². The molecule has 0 aliphatic carbocycles. The number of ether oxygens (including phenoxy) is 1. The van der Waals surface area contributed by atoms with Crippen molar-refractivity contribution in [3.63, 3.8) is 0 Å². The molecule has 29 heavy (non-hydrogen) atoms. The summed E-state index contributed by atoms with van der Waals surface area (Å²) in [6.07, 6.45) is 0.934. The number of nitrogens with one attached hydrogen (secondary N) is 2. The zero-order chi connectivity index (χ0) is 21.8. The minimum atomic E-state index is -3.57. The number of hydrogen-bond donors (Lipinski definition) is 2. The molecule has 2 aromatic carbocycles. The molecule has 0 aliphatic heterocycles. The number of rotatable bonds is 7. The lowest BCUT2D eigenvalue weighted by molar-refractivity contribution is -0.123. The molecule has 0 spiro atoms. The fourth-order valence-electron chi connectivity index (χ4n) is 2.43. The van der Waals surface area contributed by atoms with Crippen molar-refractivity contribution in [3.8, 4) is 5.75 Å². The minimum Gasteiger partial charge on any atom is -0.482 e. The fourth-order valence-corrected chi connectivity index (χ4v) is 3.23. The van der Waals surface area contributed by atoms with E-state index >= 15 is 0 Å². The van der Waals surface area contributed by atoms with Crippen molar-refractivity contribution in [2.75, 3.05) is 17.6 Å². The van der Waals surface area contributed by atoms with Crippen LogP contribution in [0.5, 0.6) is 5.75 Å². The number of halogens is 2. The summed E-state index contributed by atoms with van der Waals surface area (Å²) in [5.41, 5.74) is 1.32. The lowest BCUT2D eigenvalue weighted by atomic mass is 9.87. The van der Waals surface area contributed by atoms with Gasteiger partial charge in [0.05, 0.1) is 17.0 Å². The van der Waals surface area contributed by atoms with Crippen LogP contribution in [0.2, 0.25) is 5.02 Å². The third-order valence-corrected chi connectivity index (χ3v) is 4.86. The monoisotopic (exact) mass is 442 g/mol. The zero-order valence-electron chi connectivity index (χ0n) is 16.7. The Kier molecular flexibility index (Phi) is 7.13. The molecule has 0 radical (unpaired) electrons. The third kappa shape index (κ3) is 7.21. The molecule has 0 bridgehead atoms. The van der Waals surface area contributed by atoms with E-state index in [1.807, 2.05) is 12.1 Å². The number of benzene rings is 2. The van der Waals surface area contributed by atoms with Crippen LogP contribution in [0.15, 0.2) is 36.4 Å². The third-order valence-electron chi connectivity index (χ3n) is 3.98. The molecule has 2 N–H and O–H groups in total. The van der Waals surface area contributed by atoms with E-state index in [0.29, 0.717) is 16.3 Å². The Morgan fingerprint density at radius 3 is 2.41 bits per heavy atom. The van der Waals surface area contributed by atoms with Gasteiger partial charge in [-0.3, -0.25) is 9.52 Å². The van der Waals surface area contributed by atoms with Crippen molar-refractivity contribution in [2.45, 2.75) is 32.7 Å². The summed E-state index contributed by atoms with van der Waals surface area (Å²) in [6, 6.07) is 9.39. The number of carbonyl (C=O) groups is 1. The van der Waals surface area contributed by atoms with Gasteiger partial charge in [-0.25, -0.2) is 12.8 Å². The number of amides is 1. The largest absolute Gasteiger partial charge is 0.482 e. The zero-order valence-corrected chi connectivity index (χ0v) is 18.2. The average Bonchev–Trinajstić information content (AvgIpc) is 2.59. The number of hydrogen-bond acceptors (Lipinski definition) is 4. The van der Waals surface area contributed by atoms with Gasteiger partial charge in [0, 0.05) is 6.54 Å². The topological polar surface area (TPSA) is 84.5 Å². The van der Waals surface area contributed by atoms with Crippen molar-refractivity contribution in [1.29, 1.82) is 0 Å². The second kappa shape index (κ2) is 9.00. The van der Waals surface area contributed by atoms with Gasteiger partial charge < -0.3 is 10.1 Å². The van der Waals surface area contributed by atoms with Crippen LogP contribution in [-0.2, 0) is 26.8 Å². The van der Waals surface area contributed by atoms with Gasteiger partial charge in [0.1, 0.15) is 11.6 Å². The Hall–Kier alpha value is -2.32. The molecule has 0 aromatic heterocycles. The highest BCUT2D eigenvalue weighted by Crippen LogP contribution is 2.31. The first-order chi connectivity index (χ1) is 13.3. The van der Waals surface area contributed by atoms with E-state index in [2.05, 4.69) is 30.8 Å². The van der Waals surface area contributed by atoms with Gasteiger partial charge in [0.15, 0.2) is 6.61 Å². The van der Waals surface area contributed by atoms with Crippen molar-refractivity contribution >= 4 is 33.2 Å². The quantitative estimate of drug-likeness (QED) is 0.682. The molecule has 0 atom stereocenters. The molecule has 0 fully saturated rings. The maximum absolute atomic E-state index is 14.0. The molecule has 0 unspecified atom stereocenters. The maximum atomic E-state index is 14.0. The Balaban J connectivity index is 1.90. The van der Waals surface area contributed by atoms with Crippen LogP contribution in [0.25, 0.3) is 0 Å². The first-order valence-electron chi connectivity index (χ1n) is 8.81. The smallest absolute Gasteiger partial charge is 0.258 e. The number of carbonyl (C=O) groups excluding carboxylic acids is 1. The van der Waals surface area contributed by atoms with Gasteiger partial charge in [-0.1, -0.05) is 44.5 Å². The molecule has 2 rings (SSSR count). The van der Waals surface area contributed by atoms with Crippen LogP contribution in [0, 0.1) is 5.82 Å². The summed E-state index contributed by atoms with van der Waals surface area (Å²) in [5, 5.41) is 3.02. The van der Waals surface area contributed by atoms with Crippen LogP contribution in [0.1, 0.15) is 31.9 Å². The molecule has 0 heterocycles. The lowest BCUT2D eigenvalue weighted by Crippen LogP contribution is -2.28. The first-order valence-corrected chi connectivity index (χ1v) is 11.1. The van der Waals surface area contributed by atoms with Gasteiger partial charge in [-0.15, -0.1) is 0 Å². The summed E-state index contributed by atoms with van der Waals surface area (Å²) >= 11 is 6.22. The molecule has 0 aliphatic rings. The van der Waals surface area contributed by atoms with Gasteiger partial charge in [0.25, 0.3) is 5.91 Å². The van der Waals surface area contributed by atoms with Crippen molar-refractivity contribution in [3.05, 3.63) is 58.4 Å². The highest BCUT2D eigenvalue weighted by molar-refractivity contribution is 7.92. The number of sulfonamides is 1. The lowest BCUT2D eigenvalue weighted by Gasteiger charge is -2.20. The standard InChI is InChI=1S/C20H24ClFN2O4S/c1-20(2,3)14-6-8-18(15(21)10-14)28-12-19(25)23-11-13-5-7-17(16(22)9-13)24-29(4,26)27/h5-10,24H,11-12H2,1-4H3,(H,23,25). The van der Waals surface area contributed by atoms with Crippen molar-refractivity contribution in [1.82, 2.24) is 5.32 Å². The predicted octanol–water partition coefficient (Wildman–Crippen LogP) is 3.84. The van der Waals surface area contributed by atoms with Crippen LogP contribution in [0.3, 0.4) is 0 Å². The fraction of sp³-hybridized carbons (Fsp3) is 0.350. The summed E-state index contributed by atoms with van der Waals surface area (Å²) in [5.74, 6) is -0.735. The maximum Gasteiger partial charge on any atom is 0.258 e. The van der Waals surface area contributed by atoms with E-state index in [9.17, 15) is 17.6 Å². The van der Waals surface area contributed by atoms with Crippen molar-refractivity contribution in [2.24, 2.45) is 0 Å². The second-order valence-corrected chi connectivity index (χ2v) is 9.80. The second-order valence-electron chi connectivity index (χ2n) is 7.65. The Morgan fingerprint density at radius 2 is 1.86 bits per heavy atom. The molecule has 0 saturated heterocycles. The normalized spacial score (nSPS) is 11.8. The van der Waals surface area contributed by atoms with Gasteiger partial charge in [-0.2, -0.15) is 0 Å². The SMILES string of the molecule is CC(C)(C)c1ccc(OCC(=O)NCc2ccc(NS(C)(=O)=O)c(F)c2)c(Cl)c1. The average molecular weight is 443 g/mol. The van der Waals surface area contributed by atoms with Gasteiger partial charge in [0.2, 0.25) is 10.0 Å². The molecule has 158 valence electrons. The van der Waals surface area contributed by atoms with Crippen LogP contribution in [-0.4, -0.2) is 27.2 Å². The Labute approximate surface area is 175 Å². The Morgan fingerprint density at radius 1 is 1.17 bits per heavy atom. The van der Waals surface area contributed by atoms with E-state index < -0.39 is 21.7 Å².